The Morgan fingerprint density at radius 1 is 0.857 bits per heavy atom. The van der Waals surface area contributed by atoms with E-state index < -0.39 is 0 Å². The van der Waals surface area contributed by atoms with Crippen molar-refractivity contribution in [1.29, 1.82) is 0 Å². The summed E-state index contributed by atoms with van der Waals surface area (Å²) in [7, 11) is 0. The first-order valence-electron chi connectivity index (χ1n) is 8.75. The lowest BCUT2D eigenvalue weighted by Crippen LogP contribution is -2.47. The topological polar surface area (TPSA) is 48.2 Å². The molecule has 28 heavy (non-hydrogen) atoms. The van der Waals surface area contributed by atoms with Gasteiger partial charge in [-0.25, -0.2) is 0 Å². The van der Waals surface area contributed by atoms with Gasteiger partial charge in [0.1, 0.15) is 0 Å². The Kier molecular flexibility index (Phi) is 4.84. The molecule has 4 aromatic rings. The van der Waals surface area contributed by atoms with Gasteiger partial charge in [-0.2, -0.15) is 0 Å². The number of halogens is 2. The van der Waals surface area contributed by atoms with Gasteiger partial charge in [0.25, 0.3) is 0 Å². The molecule has 0 aliphatic carbocycles. The number of aromatic hydroxyl groups is 2. The average molecular weight is 413 g/mol. The van der Waals surface area contributed by atoms with Gasteiger partial charge in [0, 0.05) is 23.8 Å². The molecule has 0 unspecified atom stereocenters. The van der Waals surface area contributed by atoms with Crippen molar-refractivity contribution in [3.63, 3.8) is 0 Å². The van der Waals surface area contributed by atoms with Crippen LogP contribution in [0.3, 0.4) is 0 Å². The van der Waals surface area contributed by atoms with Gasteiger partial charge in [-0.3, -0.25) is 0 Å². The normalized spacial score (nSPS) is 11.1. The van der Waals surface area contributed by atoms with Crippen LogP contribution in [0.15, 0.2) is 66.7 Å². The zero-order valence-corrected chi connectivity index (χ0v) is 16.6. The van der Waals surface area contributed by atoms with Crippen molar-refractivity contribution in [2.45, 2.75) is 13.5 Å². The number of para-hydroxylation sites is 1. The number of nitrogens with zero attached hydrogens (tertiary/aromatic N) is 2. The number of aryl methyl sites for hydroxylation is 1. The van der Waals surface area contributed by atoms with Gasteiger partial charge in [-0.15, -0.1) is 0 Å². The molecule has 1 aromatic heterocycles. The Labute approximate surface area is 172 Å². The van der Waals surface area contributed by atoms with Crippen LogP contribution in [0.2, 0.25) is 10.0 Å². The predicted octanol–water partition coefficient (Wildman–Crippen LogP) is 4.48. The van der Waals surface area contributed by atoms with Crippen LogP contribution in [-0.2, 0) is 6.54 Å². The molecule has 0 spiro atoms. The maximum absolute atomic E-state index is 11.1. The third-order valence-electron chi connectivity index (χ3n) is 4.71. The fourth-order valence-electron chi connectivity index (χ4n) is 3.24. The van der Waals surface area contributed by atoms with Crippen molar-refractivity contribution in [2.24, 2.45) is 0 Å². The van der Waals surface area contributed by atoms with E-state index in [1.54, 1.807) is 22.8 Å². The fraction of sp³-hybridized carbons (Fsp3) is 0.0909. The van der Waals surface area contributed by atoms with E-state index in [1.165, 1.54) is 10.1 Å². The Morgan fingerprint density at radius 3 is 2.29 bits per heavy atom. The second-order valence-electron chi connectivity index (χ2n) is 6.65. The molecule has 0 aliphatic heterocycles. The predicted molar refractivity (Wildman–Crippen MR) is 109 cm³/mol. The first-order valence-corrected chi connectivity index (χ1v) is 9.51. The SMILES string of the molecule is Cc1ccc(C[n+]2c(O)[n+](-c3ccc(Cl)c(Cl)c3)c(O)c3ccccc32)cc1. The van der Waals surface area contributed by atoms with E-state index in [-0.39, 0.29) is 11.9 Å². The molecule has 6 heteroatoms. The molecule has 4 rings (SSSR count). The summed E-state index contributed by atoms with van der Waals surface area (Å²) in [5.74, 6) is -0.0772. The Morgan fingerprint density at radius 2 is 1.57 bits per heavy atom. The summed E-state index contributed by atoms with van der Waals surface area (Å²) in [4.78, 5) is 0. The number of hydrogen-bond donors (Lipinski definition) is 2. The van der Waals surface area contributed by atoms with Crippen molar-refractivity contribution in [3.8, 4) is 17.6 Å². The lowest BCUT2D eigenvalue weighted by Gasteiger charge is -2.06. The van der Waals surface area contributed by atoms with Crippen molar-refractivity contribution in [2.75, 3.05) is 0 Å². The van der Waals surface area contributed by atoms with Gasteiger partial charge in [0.05, 0.1) is 10.0 Å². The Bertz CT molecular complexity index is 1190. The van der Waals surface area contributed by atoms with Gasteiger partial charge < -0.3 is 10.2 Å². The van der Waals surface area contributed by atoms with E-state index >= 15 is 0 Å². The summed E-state index contributed by atoms with van der Waals surface area (Å²) >= 11 is 12.2. The smallest absolute Gasteiger partial charge is 0.459 e. The molecular weight excluding hydrogens is 395 g/mol. The zero-order valence-electron chi connectivity index (χ0n) is 15.1. The largest absolute Gasteiger partial charge is 0.638 e. The molecular formula is C22H18Cl2N2O2+2. The lowest BCUT2D eigenvalue weighted by atomic mass is 10.1. The van der Waals surface area contributed by atoms with Crippen LogP contribution in [0.1, 0.15) is 11.1 Å². The maximum Gasteiger partial charge on any atom is 0.638 e. The number of hydrogen-bond acceptors (Lipinski definition) is 2. The Hall–Kier alpha value is -2.82. The highest BCUT2D eigenvalue weighted by molar-refractivity contribution is 6.42. The van der Waals surface area contributed by atoms with Gasteiger partial charge in [-0.1, -0.05) is 69.7 Å². The lowest BCUT2D eigenvalue weighted by molar-refractivity contribution is -0.776. The molecule has 0 radical (unpaired) electrons. The van der Waals surface area contributed by atoms with Crippen LogP contribution < -0.4 is 9.13 Å². The molecule has 0 bridgehead atoms. The van der Waals surface area contributed by atoms with E-state index in [2.05, 4.69) is 0 Å². The quantitative estimate of drug-likeness (QED) is 0.487. The summed E-state index contributed by atoms with van der Waals surface area (Å²) in [6.07, 6.45) is 0. The molecule has 3 aromatic carbocycles. The van der Waals surface area contributed by atoms with E-state index in [9.17, 15) is 10.2 Å². The minimum atomic E-state index is -0.116. The summed E-state index contributed by atoms with van der Waals surface area (Å²) in [5.41, 5.74) is 3.42. The third kappa shape index (κ3) is 3.26. The van der Waals surface area contributed by atoms with Crippen molar-refractivity contribution in [3.05, 3.63) is 87.9 Å². The van der Waals surface area contributed by atoms with Crippen LogP contribution in [0.4, 0.5) is 0 Å². The van der Waals surface area contributed by atoms with Gasteiger partial charge in [-0.05, 0) is 23.6 Å². The summed E-state index contributed by atoms with van der Waals surface area (Å²) in [6, 6.07) is 20.3. The second-order valence-corrected chi connectivity index (χ2v) is 7.46. The van der Waals surface area contributed by atoms with Crippen molar-refractivity contribution in [1.82, 2.24) is 0 Å². The minimum absolute atomic E-state index is 0.0772. The maximum atomic E-state index is 11.1. The molecule has 0 atom stereocenters. The van der Waals surface area contributed by atoms with Gasteiger partial charge >= 0.3 is 11.9 Å². The summed E-state index contributed by atoms with van der Waals surface area (Å²) < 4.78 is 3.11. The van der Waals surface area contributed by atoms with Crippen LogP contribution in [0, 0.1) is 6.92 Å². The van der Waals surface area contributed by atoms with Crippen LogP contribution >= 0.6 is 23.2 Å². The standard InChI is InChI=1S/C22H16Cl2N2O2/c1-14-6-8-15(9-7-14)13-25-20-5-3-2-4-17(20)21(27)26(22(25)28)16-10-11-18(23)19(24)12-16/h2-12H,13H2,1H3/p+2. The highest BCUT2D eigenvalue weighted by Crippen LogP contribution is 2.27. The third-order valence-corrected chi connectivity index (χ3v) is 5.45. The van der Waals surface area contributed by atoms with Crippen LogP contribution in [0.5, 0.6) is 11.9 Å². The monoisotopic (exact) mass is 412 g/mol. The van der Waals surface area contributed by atoms with Crippen molar-refractivity contribution >= 4 is 34.1 Å². The van der Waals surface area contributed by atoms with Crippen LogP contribution in [-0.4, -0.2) is 10.2 Å². The number of aromatic nitrogens is 2. The number of benzene rings is 3. The van der Waals surface area contributed by atoms with E-state index in [0.29, 0.717) is 27.7 Å². The summed E-state index contributed by atoms with van der Waals surface area (Å²) in [5, 5.41) is 23.3. The summed E-state index contributed by atoms with van der Waals surface area (Å²) in [6.45, 7) is 2.47. The van der Waals surface area contributed by atoms with Gasteiger partial charge in [0.2, 0.25) is 11.2 Å². The first-order chi connectivity index (χ1) is 13.5. The van der Waals surface area contributed by atoms with Gasteiger partial charge in [0.15, 0.2) is 11.9 Å². The molecule has 1 heterocycles. The molecule has 0 amide bonds. The minimum Gasteiger partial charge on any atom is -0.459 e. The molecule has 0 saturated carbocycles. The van der Waals surface area contributed by atoms with E-state index in [4.69, 9.17) is 23.2 Å². The number of fused-ring (bicyclic) bond motifs is 1. The highest BCUT2D eigenvalue weighted by atomic mass is 35.5. The molecule has 140 valence electrons. The average Bonchev–Trinajstić information content (AvgIpc) is 2.69. The Balaban J connectivity index is 1.98. The molecule has 0 saturated heterocycles. The van der Waals surface area contributed by atoms with Crippen LogP contribution in [0.25, 0.3) is 16.6 Å². The first kappa shape index (κ1) is 18.5. The van der Waals surface area contributed by atoms with E-state index in [1.807, 2.05) is 55.5 Å². The molecule has 0 aliphatic rings. The zero-order chi connectivity index (χ0) is 19.8. The molecule has 0 fully saturated rings. The number of rotatable bonds is 3. The molecule has 4 nitrogen and oxygen atoms in total. The fourth-order valence-corrected chi connectivity index (χ4v) is 3.53. The van der Waals surface area contributed by atoms with E-state index in [0.717, 1.165) is 11.1 Å². The highest BCUT2D eigenvalue weighted by Gasteiger charge is 2.35. The van der Waals surface area contributed by atoms with Crippen molar-refractivity contribution < 1.29 is 19.3 Å². The molecule has 2 N–H and O–H groups in total. The second kappa shape index (κ2) is 7.30.